The molecule has 1 amide bonds. The molecule has 0 spiro atoms. The summed E-state index contributed by atoms with van der Waals surface area (Å²) in [6.07, 6.45) is 4.14. The fourth-order valence-corrected chi connectivity index (χ4v) is 3.96. The van der Waals surface area contributed by atoms with Crippen LogP contribution in [-0.4, -0.2) is 30.8 Å². The Morgan fingerprint density at radius 1 is 1.32 bits per heavy atom. The van der Waals surface area contributed by atoms with Crippen molar-refractivity contribution in [3.63, 3.8) is 0 Å². The molecule has 4 nitrogen and oxygen atoms in total. The van der Waals surface area contributed by atoms with Crippen LogP contribution in [0.15, 0.2) is 24.3 Å². The molecule has 1 aliphatic carbocycles. The first kappa shape index (κ1) is 19.8. The fraction of sp³-hybridized carbons (Fsp3) is 0.667. The van der Waals surface area contributed by atoms with E-state index in [-0.39, 0.29) is 18.4 Å². The van der Waals surface area contributed by atoms with Crippen molar-refractivity contribution in [1.82, 2.24) is 5.32 Å². The van der Waals surface area contributed by atoms with Gasteiger partial charge in [0.1, 0.15) is 12.4 Å². The van der Waals surface area contributed by atoms with Crippen molar-refractivity contribution < 1.29 is 14.6 Å². The summed E-state index contributed by atoms with van der Waals surface area (Å²) >= 11 is 0. The number of amides is 1. The first-order valence-corrected chi connectivity index (χ1v) is 9.62. The van der Waals surface area contributed by atoms with E-state index in [0.717, 1.165) is 30.6 Å². The average molecular weight is 347 g/mol. The summed E-state index contributed by atoms with van der Waals surface area (Å²) < 4.78 is 5.56. The van der Waals surface area contributed by atoms with Crippen LogP contribution < -0.4 is 10.1 Å². The third-order valence-electron chi connectivity index (χ3n) is 5.37. The van der Waals surface area contributed by atoms with Crippen molar-refractivity contribution in [1.29, 1.82) is 0 Å². The monoisotopic (exact) mass is 347 g/mol. The van der Waals surface area contributed by atoms with Crippen molar-refractivity contribution in [2.45, 2.75) is 46.5 Å². The second-order valence-electron chi connectivity index (χ2n) is 7.65. The summed E-state index contributed by atoms with van der Waals surface area (Å²) in [5.41, 5.74) is 1.06. The van der Waals surface area contributed by atoms with Gasteiger partial charge in [-0.25, -0.2) is 0 Å². The van der Waals surface area contributed by atoms with E-state index in [4.69, 9.17) is 9.84 Å². The molecule has 0 aromatic heterocycles. The van der Waals surface area contributed by atoms with Crippen molar-refractivity contribution in [3.8, 4) is 5.75 Å². The molecule has 2 N–H and O–H groups in total. The summed E-state index contributed by atoms with van der Waals surface area (Å²) in [5.74, 6) is 2.83. The molecule has 1 aromatic carbocycles. The number of hydrogen-bond acceptors (Lipinski definition) is 3. The highest BCUT2D eigenvalue weighted by molar-refractivity contribution is 5.79. The standard InChI is InChI=1S/C21H33NO3/c1-15(2)18-9-8-16(3)14-19(18)21(24)22-11-10-17-6-4-5-7-20(17)25-13-12-23/h4-7,15-16,18-19,23H,8-14H2,1-3H3,(H,22,24)/t16?,18-,19+/m0/s1. The van der Waals surface area contributed by atoms with Gasteiger partial charge in [-0.2, -0.15) is 0 Å². The zero-order valence-corrected chi connectivity index (χ0v) is 15.8. The normalized spacial score (nSPS) is 23.5. The molecule has 1 fully saturated rings. The number of rotatable bonds is 8. The maximum atomic E-state index is 12.7. The lowest BCUT2D eigenvalue weighted by atomic mass is 9.70. The third kappa shape index (κ3) is 5.74. The highest BCUT2D eigenvalue weighted by atomic mass is 16.5. The Bertz CT molecular complexity index is 544. The van der Waals surface area contributed by atoms with Crippen LogP contribution in [0.2, 0.25) is 0 Å². The Balaban J connectivity index is 1.89. The summed E-state index contributed by atoms with van der Waals surface area (Å²) in [4.78, 5) is 12.7. The molecule has 2 rings (SSSR count). The molecule has 0 saturated heterocycles. The van der Waals surface area contributed by atoms with Gasteiger partial charge in [0.05, 0.1) is 6.61 Å². The van der Waals surface area contributed by atoms with E-state index in [0.29, 0.717) is 30.9 Å². The molecule has 1 aliphatic rings. The Labute approximate surface area is 152 Å². The Morgan fingerprint density at radius 2 is 2.08 bits per heavy atom. The van der Waals surface area contributed by atoms with Crippen LogP contribution in [0, 0.1) is 23.7 Å². The van der Waals surface area contributed by atoms with Crippen molar-refractivity contribution in [2.24, 2.45) is 23.7 Å². The highest BCUT2D eigenvalue weighted by Gasteiger charge is 2.35. The van der Waals surface area contributed by atoms with E-state index in [2.05, 4.69) is 26.1 Å². The third-order valence-corrected chi connectivity index (χ3v) is 5.37. The Kier molecular flexibility index (Phi) is 7.76. The molecule has 140 valence electrons. The number of aliphatic hydroxyl groups is 1. The molecule has 1 unspecified atom stereocenters. The average Bonchev–Trinajstić information content (AvgIpc) is 2.60. The fourth-order valence-electron chi connectivity index (χ4n) is 3.96. The quantitative estimate of drug-likeness (QED) is 0.757. The van der Waals surface area contributed by atoms with E-state index >= 15 is 0 Å². The molecule has 1 aromatic rings. The van der Waals surface area contributed by atoms with Gasteiger partial charge in [0, 0.05) is 12.5 Å². The molecule has 4 heteroatoms. The second-order valence-corrected chi connectivity index (χ2v) is 7.65. The van der Waals surface area contributed by atoms with E-state index in [1.165, 1.54) is 6.42 Å². The van der Waals surface area contributed by atoms with Gasteiger partial charge in [-0.05, 0) is 48.6 Å². The van der Waals surface area contributed by atoms with Crippen LogP contribution in [0.5, 0.6) is 5.75 Å². The SMILES string of the molecule is CC1CC[C@@H](C(C)C)[C@H](C(=O)NCCc2ccccc2OCCO)C1. The van der Waals surface area contributed by atoms with Gasteiger partial charge >= 0.3 is 0 Å². The van der Waals surface area contributed by atoms with Crippen LogP contribution in [0.4, 0.5) is 0 Å². The predicted octanol–water partition coefficient (Wildman–Crippen LogP) is 3.42. The van der Waals surface area contributed by atoms with Crippen molar-refractivity contribution in [3.05, 3.63) is 29.8 Å². The number of para-hydroxylation sites is 1. The van der Waals surface area contributed by atoms with Gasteiger partial charge in [-0.1, -0.05) is 45.4 Å². The van der Waals surface area contributed by atoms with Gasteiger partial charge in [0.15, 0.2) is 0 Å². The molecule has 0 bridgehead atoms. The van der Waals surface area contributed by atoms with Crippen LogP contribution in [-0.2, 0) is 11.2 Å². The van der Waals surface area contributed by atoms with Crippen molar-refractivity contribution in [2.75, 3.05) is 19.8 Å². The van der Waals surface area contributed by atoms with E-state index in [1.54, 1.807) is 0 Å². The lowest BCUT2D eigenvalue weighted by molar-refractivity contribution is -0.129. The number of hydrogen-bond donors (Lipinski definition) is 2. The van der Waals surface area contributed by atoms with Crippen molar-refractivity contribution >= 4 is 5.91 Å². The first-order valence-electron chi connectivity index (χ1n) is 9.62. The number of nitrogens with one attached hydrogen (secondary N) is 1. The first-order chi connectivity index (χ1) is 12.0. The van der Waals surface area contributed by atoms with Gasteiger partial charge in [-0.15, -0.1) is 0 Å². The summed E-state index contributed by atoms with van der Waals surface area (Å²) in [7, 11) is 0. The van der Waals surface area contributed by atoms with Crippen LogP contribution in [0.25, 0.3) is 0 Å². The minimum absolute atomic E-state index is 0.00151. The van der Waals surface area contributed by atoms with Gasteiger partial charge in [-0.3, -0.25) is 4.79 Å². The van der Waals surface area contributed by atoms with Crippen LogP contribution >= 0.6 is 0 Å². The minimum atomic E-state index is 0.00151. The number of carbonyl (C=O) groups is 1. The Hall–Kier alpha value is -1.55. The molecular formula is C21H33NO3. The second kappa shape index (κ2) is 9.81. The number of benzene rings is 1. The van der Waals surface area contributed by atoms with E-state index < -0.39 is 0 Å². The van der Waals surface area contributed by atoms with E-state index in [1.807, 2.05) is 24.3 Å². The van der Waals surface area contributed by atoms with Gasteiger partial charge < -0.3 is 15.2 Å². The lowest BCUT2D eigenvalue weighted by Gasteiger charge is -2.36. The summed E-state index contributed by atoms with van der Waals surface area (Å²) in [6.45, 7) is 7.63. The molecular weight excluding hydrogens is 314 g/mol. The molecule has 0 heterocycles. The maximum Gasteiger partial charge on any atom is 0.223 e. The molecule has 25 heavy (non-hydrogen) atoms. The number of aliphatic hydroxyl groups excluding tert-OH is 1. The lowest BCUT2D eigenvalue weighted by Crippen LogP contribution is -2.40. The molecule has 0 radical (unpaired) electrons. The summed E-state index contributed by atoms with van der Waals surface area (Å²) in [5, 5.41) is 12.1. The van der Waals surface area contributed by atoms with Crippen LogP contribution in [0.1, 0.15) is 45.6 Å². The topological polar surface area (TPSA) is 58.6 Å². The zero-order chi connectivity index (χ0) is 18.2. The van der Waals surface area contributed by atoms with Gasteiger partial charge in [0.2, 0.25) is 5.91 Å². The number of ether oxygens (including phenoxy) is 1. The minimum Gasteiger partial charge on any atom is -0.491 e. The van der Waals surface area contributed by atoms with Gasteiger partial charge in [0.25, 0.3) is 0 Å². The summed E-state index contributed by atoms with van der Waals surface area (Å²) in [6, 6.07) is 7.81. The van der Waals surface area contributed by atoms with E-state index in [9.17, 15) is 4.79 Å². The Morgan fingerprint density at radius 3 is 2.80 bits per heavy atom. The zero-order valence-electron chi connectivity index (χ0n) is 15.8. The smallest absolute Gasteiger partial charge is 0.223 e. The molecule has 3 atom stereocenters. The molecule has 1 saturated carbocycles. The molecule has 0 aliphatic heterocycles. The van der Waals surface area contributed by atoms with Crippen LogP contribution in [0.3, 0.4) is 0 Å². The number of carbonyl (C=O) groups excluding carboxylic acids is 1. The largest absolute Gasteiger partial charge is 0.491 e. The predicted molar refractivity (Wildman–Crippen MR) is 101 cm³/mol. The maximum absolute atomic E-state index is 12.7. The highest BCUT2D eigenvalue weighted by Crippen LogP contribution is 2.38.